The number of anilines is 1. The molecular formula is C21H21N3O4S. The van der Waals surface area contributed by atoms with Crippen LogP contribution in [0.15, 0.2) is 57.9 Å². The molecule has 0 radical (unpaired) electrons. The van der Waals surface area contributed by atoms with Crippen molar-refractivity contribution in [3.8, 4) is 11.5 Å². The molecule has 0 saturated heterocycles. The summed E-state index contributed by atoms with van der Waals surface area (Å²) in [6.07, 6.45) is 5.56. The second-order valence-electron chi connectivity index (χ2n) is 5.96. The van der Waals surface area contributed by atoms with Crippen LogP contribution in [0.5, 0.6) is 11.5 Å². The van der Waals surface area contributed by atoms with Crippen LogP contribution < -0.4 is 14.8 Å². The summed E-state index contributed by atoms with van der Waals surface area (Å²) in [7, 11) is 3.13. The van der Waals surface area contributed by atoms with E-state index in [4.69, 9.17) is 13.9 Å². The average Bonchev–Trinajstić information content (AvgIpc) is 3.19. The lowest BCUT2D eigenvalue weighted by Gasteiger charge is -2.07. The van der Waals surface area contributed by atoms with Crippen LogP contribution in [0.1, 0.15) is 17.0 Å². The molecule has 3 aromatic rings. The fourth-order valence-corrected chi connectivity index (χ4v) is 2.98. The molecule has 0 aliphatic carbocycles. The van der Waals surface area contributed by atoms with Crippen molar-refractivity contribution in [2.24, 2.45) is 0 Å². The molecule has 0 aliphatic heterocycles. The highest BCUT2D eigenvalue weighted by Gasteiger charge is 2.09. The van der Waals surface area contributed by atoms with E-state index in [1.54, 1.807) is 44.2 Å². The molecule has 1 aromatic heterocycles. The first-order chi connectivity index (χ1) is 14.1. The van der Waals surface area contributed by atoms with Crippen molar-refractivity contribution in [2.75, 3.05) is 25.8 Å². The number of carbonyl (C=O) groups excluding carboxylic acids is 1. The van der Waals surface area contributed by atoms with Crippen molar-refractivity contribution in [2.45, 2.75) is 11.3 Å². The predicted molar refractivity (Wildman–Crippen MR) is 113 cm³/mol. The van der Waals surface area contributed by atoms with Crippen LogP contribution in [0, 0.1) is 0 Å². The zero-order chi connectivity index (χ0) is 20.6. The van der Waals surface area contributed by atoms with Gasteiger partial charge in [-0.2, -0.15) is 0 Å². The summed E-state index contributed by atoms with van der Waals surface area (Å²) in [6.45, 7) is 0. The Bertz CT molecular complexity index is 999. The number of rotatable bonds is 8. The van der Waals surface area contributed by atoms with Crippen LogP contribution in [-0.2, 0) is 11.2 Å². The van der Waals surface area contributed by atoms with Crippen molar-refractivity contribution in [1.29, 1.82) is 0 Å². The normalized spacial score (nSPS) is 10.9. The van der Waals surface area contributed by atoms with Crippen molar-refractivity contribution in [3.05, 3.63) is 65.6 Å². The summed E-state index contributed by atoms with van der Waals surface area (Å²) in [5, 5.41) is 10.4. The largest absolute Gasteiger partial charge is 0.493 e. The summed E-state index contributed by atoms with van der Waals surface area (Å²) in [5.74, 6) is 1.26. The van der Waals surface area contributed by atoms with Gasteiger partial charge in [0.2, 0.25) is 5.89 Å². The first kappa shape index (κ1) is 20.5. The Balaban J connectivity index is 1.59. The average molecular weight is 411 g/mol. The van der Waals surface area contributed by atoms with Crippen LogP contribution in [0.25, 0.3) is 6.08 Å². The van der Waals surface area contributed by atoms with Gasteiger partial charge in [-0.15, -0.1) is 16.9 Å². The lowest BCUT2D eigenvalue weighted by Crippen LogP contribution is -2.07. The summed E-state index contributed by atoms with van der Waals surface area (Å²) < 4.78 is 15.9. The predicted octanol–water partition coefficient (Wildman–Crippen LogP) is 4.05. The number of nitrogens with zero attached hydrogens (tertiary/aromatic N) is 2. The first-order valence-electron chi connectivity index (χ1n) is 8.77. The van der Waals surface area contributed by atoms with Crippen molar-refractivity contribution < 1.29 is 18.7 Å². The van der Waals surface area contributed by atoms with Gasteiger partial charge in [-0.05, 0) is 47.7 Å². The monoisotopic (exact) mass is 411 g/mol. The van der Waals surface area contributed by atoms with Gasteiger partial charge in [-0.25, -0.2) is 0 Å². The van der Waals surface area contributed by atoms with E-state index in [1.807, 2.05) is 36.6 Å². The lowest BCUT2D eigenvalue weighted by atomic mass is 10.1. The Hall–Kier alpha value is -3.26. The van der Waals surface area contributed by atoms with E-state index >= 15 is 0 Å². The van der Waals surface area contributed by atoms with E-state index in [9.17, 15) is 4.79 Å². The second kappa shape index (κ2) is 9.79. The lowest BCUT2D eigenvalue weighted by molar-refractivity contribution is -0.112. The maximum atomic E-state index is 12.1. The number of methoxy groups -OCH3 is 2. The molecule has 0 unspecified atom stereocenters. The van der Waals surface area contributed by atoms with Gasteiger partial charge in [0.1, 0.15) is 0 Å². The molecular weight excluding hydrogens is 390 g/mol. The van der Waals surface area contributed by atoms with E-state index in [2.05, 4.69) is 15.5 Å². The summed E-state index contributed by atoms with van der Waals surface area (Å²) in [5.41, 5.74) is 1.84. The van der Waals surface area contributed by atoms with Gasteiger partial charge < -0.3 is 13.9 Å². The van der Waals surface area contributed by atoms with Gasteiger partial charge in [-0.3, -0.25) is 10.1 Å². The third-order valence-electron chi connectivity index (χ3n) is 4.05. The number of hydrogen-bond acceptors (Lipinski definition) is 7. The van der Waals surface area contributed by atoms with Gasteiger partial charge in [0.05, 0.1) is 20.6 Å². The molecule has 0 spiro atoms. The van der Waals surface area contributed by atoms with Gasteiger partial charge in [0, 0.05) is 11.0 Å². The van der Waals surface area contributed by atoms with Crippen LogP contribution in [0.2, 0.25) is 0 Å². The summed E-state index contributed by atoms with van der Waals surface area (Å²) >= 11 is 1.68. The van der Waals surface area contributed by atoms with Gasteiger partial charge >= 0.3 is 6.01 Å². The minimum absolute atomic E-state index is 0.0581. The smallest absolute Gasteiger partial charge is 0.322 e. The van der Waals surface area contributed by atoms with Crippen molar-refractivity contribution in [1.82, 2.24) is 10.2 Å². The number of benzene rings is 2. The minimum Gasteiger partial charge on any atom is -0.493 e. The third kappa shape index (κ3) is 5.61. The number of ether oxygens (including phenoxy) is 2. The molecule has 3 rings (SSSR count). The molecule has 29 heavy (non-hydrogen) atoms. The molecule has 8 heteroatoms. The number of nitrogens with one attached hydrogen (secondary N) is 1. The molecule has 1 heterocycles. The van der Waals surface area contributed by atoms with Gasteiger partial charge in [-0.1, -0.05) is 23.3 Å². The number of carbonyl (C=O) groups is 1. The number of aromatic nitrogens is 2. The van der Waals surface area contributed by atoms with Gasteiger partial charge in [0.15, 0.2) is 11.5 Å². The molecule has 7 nitrogen and oxygen atoms in total. The highest BCUT2D eigenvalue weighted by atomic mass is 32.2. The molecule has 0 aliphatic rings. The Morgan fingerprint density at radius 2 is 1.86 bits per heavy atom. The SMILES string of the molecule is COc1ccc(/C=C/C(=O)Nc2nnc(Cc3ccc(SC)cc3)o2)cc1OC. The zero-order valence-electron chi connectivity index (χ0n) is 16.3. The molecule has 0 fully saturated rings. The van der Waals surface area contributed by atoms with Crippen molar-refractivity contribution in [3.63, 3.8) is 0 Å². The van der Waals surface area contributed by atoms with Crippen molar-refractivity contribution >= 4 is 29.8 Å². The molecule has 2 aromatic carbocycles. The van der Waals surface area contributed by atoms with Crippen LogP contribution in [0.4, 0.5) is 6.01 Å². The number of hydrogen-bond donors (Lipinski definition) is 1. The zero-order valence-corrected chi connectivity index (χ0v) is 17.2. The maximum absolute atomic E-state index is 12.1. The second-order valence-corrected chi connectivity index (χ2v) is 6.84. The highest BCUT2D eigenvalue weighted by Crippen LogP contribution is 2.28. The third-order valence-corrected chi connectivity index (χ3v) is 4.79. The van der Waals surface area contributed by atoms with E-state index in [1.165, 1.54) is 11.0 Å². The molecule has 1 amide bonds. The fraction of sp³-hybridized carbons (Fsp3) is 0.190. The van der Waals surface area contributed by atoms with E-state index in [-0.39, 0.29) is 11.9 Å². The Morgan fingerprint density at radius 3 is 2.55 bits per heavy atom. The quantitative estimate of drug-likeness (QED) is 0.442. The molecule has 0 bridgehead atoms. The van der Waals surface area contributed by atoms with E-state index in [0.717, 1.165) is 11.1 Å². The highest BCUT2D eigenvalue weighted by molar-refractivity contribution is 7.98. The topological polar surface area (TPSA) is 86.5 Å². The summed E-state index contributed by atoms with van der Waals surface area (Å²) in [6, 6.07) is 13.5. The standard InChI is InChI=1S/C21H21N3O4S/c1-26-17-10-6-14(12-18(17)27-2)7-11-19(25)22-21-24-23-20(28-21)13-15-4-8-16(29-3)9-5-15/h4-12H,13H2,1-3H3,(H,22,24,25)/b11-7+. The van der Waals surface area contributed by atoms with Crippen LogP contribution in [0.3, 0.4) is 0 Å². The molecule has 0 atom stereocenters. The maximum Gasteiger partial charge on any atom is 0.322 e. The van der Waals surface area contributed by atoms with E-state index < -0.39 is 0 Å². The molecule has 0 saturated carbocycles. The summed E-state index contributed by atoms with van der Waals surface area (Å²) in [4.78, 5) is 13.3. The number of thioether (sulfide) groups is 1. The Labute approximate surface area is 173 Å². The fourth-order valence-electron chi connectivity index (χ4n) is 2.57. The Kier molecular flexibility index (Phi) is 6.91. The van der Waals surface area contributed by atoms with Crippen LogP contribution in [-0.4, -0.2) is 36.6 Å². The molecule has 150 valence electrons. The Morgan fingerprint density at radius 1 is 1.10 bits per heavy atom. The minimum atomic E-state index is -0.376. The van der Waals surface area contributed by atoms with E-state index in [0.29, 0.717) is 23.8 Å². The van der Waals surface area contributed by atoms with Crippen LogP contribution >= 0.6 is 11.8 Å². The molecule has 1 N–H and O–H groups in total. The first-order valence-corrected chi connectivity index (χ1v) is 10.00. The number of amides is 1. The van der Waals surface area contributed by atoms with Gasteiger partial charge in [0.25, 0.3) is 5.91 Å².